The second kappa shape index (κ2) is 10.0. The Morgan fingerprint density at radius 2 is 1.79 bits per heavy atom. The number of rotatable bonds is 5. The van der Waals surface area contributed by atoms with E-state index in [1.165, 1.54) is 34.8 Å². The van der Waals surface area contributed by atoms with Crippen molar-refractivity contribution in [3.05, 3.63) is 48.0 Å². The Morgan fingerprint density at radius 3 is 2.52 bits per heavy atom. The zero-order valence-electron chi connectivity index (χ0n) is 18.4. The summed E-state index contributed by atoms with van der Waals surface area (Å²) in [6.07, 6.45) is 6.50. The van der Waals surface area contributed by atoms with Gasteiger partial charge in [0.05, 0.1) is 5.92 Å². The van der Waals surface area contributed by atoms with Crippen LogP contribution in [0.25, 0.3) is 0 Å². The number of sulfonamides is 1. The lowest BCUT2D eigenvalue weighted by Crippen LogP contribution is -2.43. The van der Waals surface area contributed by atoms with E-state index in [-0.39, 0.29) is 28.9 Å². The Kier molecular flexibility index (Phi) is 7.14. The number of carbonyl (C=O) groups excluding carboxylic acids is 2. The van der Waals surface area contributed by atoms with Crippen molar-refractivity contribution in [2.24, 2.45) is 5.92 Å². The number of carbonyl (C=O) groups is 2. The van der Waals surface area contributed by atoms with Crippen molar-refractivity contribution in [3.63, 3.8) is 0 Å². The summed E-state index contributed by atoms with van der Waals surface area (Å²) in [5.41, 5.74) is 0.593. The molecule has 4 rings (SSSR count). The van der Waals surface area contributed by atoms with Gasteiger partial charge in [0.2, 0.25) is 15.9 Å². The summed E-state index contributed by atoms with van der Waals surface area (Å²) in [6.45, 7) is 1.68. The molecule has 0 spiro atoms. The largest absolute Gasteiger partial charge is 0.356 e. The van der Waals surface area contributed by atoms with Gasteiger partial charge < -0.3 is 15.2 Å². The van der Waals surface area contributed by atoms with Gasteiger partial charge in [-0.25, -0.2) is 12.8 Å². The summed E-state index contributed by atoms with van der Waals surface area (Å²) >= 11 is 0. The highest BCUT2D eigenvalue weighted by Gasteiger charge is 2.34. The molecule has 1 atom stereocenters. The minimum absolute atomic E-state index is 0.0202. The molecular formula is C23H29FN4O4S. The standard InChI is InChI=1S/C23H29FN4O4S/c24-18-8-5-9-19(13-18)26-22(29)17-7-6-12-28(16-17)33(31,32)20-14-21(25-15-20)23(30)27-10-3-1-2-4-11-27/h5,8-9,13-15,17,25H,1-4,6-7,10-12,16H2,(H,26,29)/t17-/m0/s1. The molecule has 0 bridgehead atoms. The summed E-state index contributed by atoms with van der Waals surface area (Å²) in [7, 11) is -3.87. The van der Waals surface area contributed by atoms with Gasteiger partial charge in [-0.2, -0.15) is 4.31 Å². The number of aromatic amines is 1. The molecule has 2 aromatic rings. The van der Waals surface area contributed by atoms with Crippen LogP contribution in [0.5, 0.6) is 0 Å². The number of anilines is 1. The lowest BCUT2D eigenvalue weighted by molar-refractivity contribution is -0.120. The molecule has 0 radical (unpaired) electrons. The van der Waals surface area contributed by atoms with E-state index in [0.717, 1.165) is 25.7 Å². The van der Waals surface area contributed by atoms with Crippen LogP contribution >= 0.6 is 0 Å². The molecular weight excluding hydrogens is 447 g/mol. The van der Waals surface area contributed by atoms with Crippen molar-refractivity contribution >= 4 is 27.5 Å². The minimum atomic E-state index is -3.87. The number of aromatic nitrogens is 1. The van der Waals surface area contributed by atoms with Crippen LogP contribution in [0.2, 0.25) is 0 Å². The van der Waals surface area contributed by atoms with Gasteiger partial charge >= 0.3 is 0 Å². The monoisotopic (exact) mass is 476 g/mol. The van der Waals surface area contributed by atoms with E-state index in [2.05, 4.69) is 10.3 Å². The number of nitrogens with one attached hydrogen (secondary N) is 2. The second-order valence-electron chi connectivity index (χ2n) is 8.66. The van der Waals surface area contributed by atoms with Gasteiger partial charge in [0.15, 0.2) is 0 Å². The first-order valence-corrected chi connectivity index (χ1v) is 12.8. The quantitative estimate of drug-likeness (QED) is 0.692. The number of hydrogen-bond donors (Lipinski definition) is 2. The van der Waals surface area contributed by atoms with Crippen molar-refractivity contribution in [2.75, 3.05) is 31.5 Å². The zero-order valence-corrected chi connectivity index (χ0v) is 19.2. The van der Waals surface area contributed by atoms with Crippen LogP contribution in [0.3, 0.4) is 0 Å². The molecule has 3 heterocycles. The van der Waals surface area contributed by atoms with Crippen molar-refractivity contribution in [1.29, 1.82) is 0 Å². The number of nitrogens with zero attached hydrogens (tertiary/aromatic N) is 2. The van der Waals surface area contributed by atoms with Gasteiger partial charge in [-0.05, 0) is 49.9 Å². The lowest BCUT2D eigenvalue weighted by Gasteiger charge is -2.30. The number of amides is 2. The van der Waals surface area contributed by atoms with Crippen LogP contribution in [0, 0.1) is 11.7 Å². The van der Waals surface area contributed by atoms with Crippen LogP contribution in [0.1, 0.15) is 49.0 Å². The average molecular weight is 477 g/mol. The maximum atomic E-state index is 13.4. The normalized spacial score (nSPS) is 20.3. The Labute approximate surface area is 193 Å². The maximum absolute atomic E-state index is 13.4. The third-order valence-corrected chi connectivity index (χ3v) is 8.11. The summed E-state index contributed by atoms with van der Waals surface area (Å²) in [4.78, 5) is 30.1. The fourth-order valence-electron chi connectivity index (χ4n) is 4.43. The lowest BCUT2D eigenvalue weighted by atomic mass is 9.99. The third-order valence-electron chi connectivity index (χ3n) is 6.27. The SMILES string of the molecule is O=C(Nc1cccc(F)c1)[C@H]1CCCN(S(=O)(=O)c2c[nH]c(C(=O)N3CCCCCC3)c2)C1. The molecule has 8 nitrogen and oxygen atoms in total. The van der Waals surface area contributed by atoms with Crippen molar-refractivity contribution in [3.8, 4) is 0 Å². The molecule has 178 valence electrons. The number of hydrogen-bond acceptors (Lipinski definition) is 4. The highest BCUT2D eigenvalue weighted by atomic mass is 32.2. The number of H-pyrrole nitrogens is 1. The van der Waals surface area contributed by atoms with E-state index in [9.17, 15) is 22.4 Å². The Hall–Kier alpha value is -2.72. The maximum Gasteiger partial charge on any atom is 0.270 e. The fraction of sp³-hybridized carbons (Fsp3) is 0.478. The topological polar surface area (TPSA) is 103 Å². The van der Waals surface area contributed by atoms with Crippen LogP contribution in [-0.2, 0) is 14.8 Å². The highest BCUT2D eigenvalue weighted by molar-refractivity contribution is 7.89. The minimum Gasteiger partial charge on any atom is -0.356 e. The van der Waals surface area contributed by atoms with E-state index in [1.54, 1.807) is 11.0 Å². The number of piperidine rings is 1. The van der Waals surface area contributed by atoms with E-state index in [1.807, 2.05) is 0 Å². The number of benzene rings is 1. The number of halogens is 1. The Bertz CT molecular complexity index is 1110. The summed E-state index contributed by atoms with van der Waals surface area (Å²) in [5.74, 6) is -1.54. The van der Waals surface area contributed by atoms with Gasteiger partial charge in [-0.15, -0.1) is 0 Å². The smallest absolute Gasteiger partial charge is 0.270 e. The van der Waals surface area contributed by atoms with Gasteiger partial charge in [-0.3, -0.25) is 9.59 Å². The molecule has 1 aromatic heterocycles. The van der Waals surface area contributed by atoms with Crippen molar-refractivity contribution in [2.45, 2.75) is 43.4 Å². The Balaban J connectivity index is 1.43. The van der Waals surface area contributed by atoms with Gasteiger partial charge in [-0.1, -0.05) is 18.9 Å². The van der Waals surface area contributed by atoms with E-state index < -0.39 is 21.8 Å². The molecule has 2 N–H and O–H groups in total. The van der Waals surface area contributed by atoms with Crippen LogP contribution < -0.4 is 5.32 Å². The molecule has 1 aromatic carbocycles. The van der Waals surface area contributed by atoms with Gasteiger partial charge in [0, 0.05) is 38.1 Å². The molecule has 0 saturated carbocycles. The predicted octanol–water partition coefficient (Wildman–Crippen LogP) is 3.21. The molecule has 2 saturated heterocycles. The zero-order chi connectivity index (χ0) is 23.4. The van der Waals surface area contributed by atoms with Crippen LogP contribution in [-0.4, -0.2) is 60.6 Å². The van der Waals surface area contributed by atoms with Crippen LogP contribution in [0.4, 0.5) is 10.1 Å². The van der Waals surface area contributed by atoms with Gasteiger partial charge in [0.1, 0.15) is 16.4 Å². The molecule has 2 fully saturated rings. The molecule has 33 heavy (non-hydrogen) atoms. The molecule has 2 amide bonds. The molecule has 2 aliphatic rings. The first-order chi connectivity index (χ1) is 15.8. The van der Waals surface area contributed by atoms with E-state index >= 15 is 0 Å². The average Bonchev–Trinajstić information content (AvgIpc) is 3.16. The van der Waals surface area contributed by atoms with Crippen LogP contribution in [0.15, 0.2) is 41.4 Å². The summed E-state index contributed by atoms with van der Waals surface area (Å²) in [6, 6.07) is 6.98. The molecule has 0 aliphatic carbocycles. The summed E-state index contributed by atoms with van der Waals surface area (Å²) < 4.78 is 41.1. The molecule has 2 aliphatic heterocycles. The third kappa shape index (κ3) is 5.44. The number of likely N-dealkylation sites (tertiary alicyclic amines) is 1. The van der Waals surface area contributed by atoms with Gasteiger partial charge in [0.25, 0.3) is 5.91 Å². The highest BCUT2D eigenvalue weighted by Crippen LogP contribution is 2.26. The Morgan fingerprint density at radius 1 is 1.03 bits per heavy atom. The molecule has 10 heteroatoms. The fourth-order valence-corrected chi connectivity index (χ4v) is 5.94. The molecule has 0 unspecified atom stereocenters. The predicted molar refractivity (Wildman–Crippen MR) is 122 cm³/mol. The van der Waals surface area contributed by atoms with Crippen molar-refractivity contribution < 1.29 is 22.4 Å². The second-order valence-corrected chi connectivity index (χ2v) is 10.6. The first-order valence-electron chi connectivity index (χ1n) is 11.4. The summed E-state index contributed by atoms with van der Waals surface area (Å²) in [5, 5.41) is 2.67. The first kappa shape index (κ1) is 23.4. The van der Waals surface area contributed by atoms with E-state index in [0.29, 0.717) is 38.2 Å². The van der Waals surface area contributed by atoms with Crippen molar-refractivity contribution in [1.82, 2.24) is 14.2 Å². The van der Waals surface area contributed by atoms with E-state index in [4.69, 9.17) is 0 Å².